The predicted octanol–water partition coefficient (Wildman–Crippen LogP) is 1.79. The molecule has 104 valence electrons. The number of esters is 1. The molecule has 2 rings (SSSR count). The van der Waals surface area contributed by atoms with Gasteiger partial charge in [-0.15, -0.1) is 0 Å². The first kappa shape index (κ1) is 14.0. The van der Waals surface area contributed by atoms with Crippen molar-refractivity contribution in [3.8, 4) is 0 Å². The largest absolute Gasteiger partial charge is 0.463 e. The number of hydrogen-bond donors (Lipinski definition) is 0. The van der Waals surface area contributed by atoms with Crippen molar-refractivity contribution >= 4 is 17.8 Å². The third-order valence-corrected chi connectivity index (χ3v) is 3.08. The number of amides is 2. The maximum absolute atomic E-state index is 12.1. The molecule has 0 spiro atoms. The lowest BCUT2D eigenvalue weighted by molar-refractivity contribution is -0.138. The van der Waals surface area contributed by atoms with Crippen LogP contribution in [0.2, 0.25) is 0 Å². The molecule has 0 unspecified atom stereocenters. The van der Waals surface area contributed by atoms with Crippen molar-refractivity contribution in [3.63, 3.8) is 0 Å². The first-order chi connectivity index (χ1) is 9.56. The minimum Gasteiger partial charge on any atom is -0.463 e. The van der Waals surface area contributed by atoms with Crippen molar-refractivity contribution < 1.29 is 19.1 Å². The van der Waals surface area contributed by atoms with Crippen LogP contribution >= 0.6 is 0 Å². The molecule has 20 heavy (non-hydrogen) atoms. The van der Waals surface area contributed by atoms with Crippen LogP contribution in [-0.4, -0.2) is 35.8 Å². The summed E-state index contributed by atoms with van der Waals surface area (Å²) in [7, 11) is 0. The third kappa shape index (κ3) is 2.47. The Hall–Kier alpha value is -2.43. The third-order valence-electron chi connectivity index (χ3n) is 3.08. The molecule has 1 aliphatic heterocycles. The van der Waals surface area contributed by atoms with E-state index in [9.17, 15) is 14.4 Å². The SMILES string of the molecule is C=C(CCN1C(=O)c2ccccc2C1=O)C(=O)OCC. The molecule has 0 bridgehead atoms. The van der Waals surface area contributed by atoms with Crippen LogP contribution < -0.4 is 0 Å². The van der Waals surface area contributed by atoms with Gasteiger partial charge >= 0.3 is 5.97 Å². The first-order valence-corrected chi connectivity index (χ1v) is 6.36. The molecule has 0 fully saturated rings. The van der Waals surface area contributed by atoms with Crippen LogP contribution in [0.1, 0.15) is 34.1 Å². The van der Waals surface area contributed by atoms with Crippen LogP contribution in [0, 0.1) is 0 Å². The minimum atomic E-state index is -0.496. The van der Waals surface area contributed by atoms with Gasteiger partial charge in [0, 0.05) is 12.1 Å². The zero-order chi connectivity index (χ0) is 14.7. The smallest absolute Gasteiger partial charge is 0.333 e. The van der Waals surface area contributed by atoms with Crippen molar-refractivity contribution in [2.24, 2.45) is 0 Å². The fourth-order valence-corrected chi connectivity index (χ4v) is 2.02. The number of hydrogen-bond acceptors (Lipinski definition) is 4. The van der Waals surface area contributed by atoms with E-state index < -0.39 is 5.97 Å². The summed E-state index contributed by atoms with van der Waals surface area (Å²) in [5, 5.41) is 0. The Morgan fingerprint density at radius 3 is 2.25 bits per heavy atom. The fraction of sp³-hybridized carbons (Fsp3) is 0.267. The molecule has 1 heterocycles. The van der Waals surface area contributed by atoms with Crippen molar-refractivity contribution in [1.82, 2.24) is 4.90 Å². The lowest BCUT2D eigenvalue weighted by atomic mass is 10.1. The van der Waals surface area contributed by atoms with Gasteiger partial charge in [0.15, 0.2) is 0 Å². The van der Waals surface area contributed by atoms with Gasteiger partial charge in [0.05, 0.1) is 17.7 Å². The van der Waals surface area contributed by atoms with E-state index in [4.69, 9.17) is 4.74 Å². The highest BCUT2D eigenvalue weighted by Gasteiger charge is 2.34. The maximum atomic E-state index is 12.1. The van der Waals surface area contributed by atoms with Crippen molar-refractivity contribution in [3.05, 3.63) is 47.5 Å². The summed E-state index contributed by atoms with van der Waals surface area (Å²) in [6.45, 7) is 5.71. The lowest BCUT2D eigenvalue weighted by Gasteiger charge is -2.14. The first-order valence-electron chi connectivity index (χ1n) is 6.36. The summed E-state index contributed by atoms with van der Waals surface area (Å²) in [6, 6.07) is 6.67. The Kier molecular flexibility index (Phi) is 3.98. The molecule has 0 atom stereocenters. The average molecular weight is 273 g/mol. The van der Waals surface area contributed by atoms with Gasteiger partial charge in [-0.2, -0.15) is 0 Å². The zero-order valence-electron chi connectivity index (χ0n) is 11.2. The van der Waals surface area contributed by atoms with E-state index in [2.05, 4.69) is 6.58 Å². The molecule has 1 aromatic rings. The summed E-state index contributed by atoms with van der Waals surface area (Å²) in [4.78, 5) is 36.7. The standard InChI is InChI=1S/C15H15NO4/c1-3-20-15(19)10(2)8-9-16-13(17)11-6-4-5-7-12(11)14(16)18/h4-7H,2-3,8-9H2,1H3. The van der Waals surface area contributed by atoms with Crippen LogP contribution in [0.5, 0.6) is 0 Å². The van der Waals surface area contributed by atoms with Gasteiger partial charge in [-0.05, 0) is 25.5 Å². The number of ether oxygens (including phenoxy) is 1. The summed E-state index contributed by atoms with van der Waals surface area (Å²) >= 11 is 0. The average Bonchev–Trinajstić information content (AvgIpc) is 2.69. The van der Waals surface area contributed by atoms with Crippen LogP contribution in [0.3, 0.4) is 0 Å². The summed E-state index contributed by atoms with van der Waals surface area (Å²) in [5.74, 6) is -1.16. The van der Waals surface area contributed by atoms with Gasteiger partial charge < -0.3 is 4.74 Å². The quantitative estimate of drug-likeness (QED) is 0.466. The molecule has 1 aliphatic rings. The molecule has 5 nitrogen and oxygen atoms in total. The molecule has 1 aromatic carbocycles. The van der Waals surface area contributed by atoms with Crippen LogP contribution in [-0.2, 0) is 9.53 Å². The fourth-order valence-electron chi connectivity index (χ4n) is 2.02. The predicted molar refractivity (Wildman–Crippen MR) is 72.2 cm³/mol. The molecule has 0 aliphatic carbocycles. The van der Waals surface area contributed by atoms with E-state index in [1.165, 1.54) is 0 Å². The Morgan fingerprint density at radius 2 is 1.75 bits per heavy atom. The summed E-state index contributed by atoms with van der Waals surface area (Å²) in [5.41, 5.74) is 1.06. The van der Waals surface area contributed by atoms with E-state index in [0.717, 1.165) is 4.90 Å². The Balaban J connectivity index is 2.03. The monoisotopic (exact) mass is 273 g/mol. The van der Waals surface area contributed by atoms with Crippen LogP contribution in [0.4, 0.5) is 0 Å². The van der Waals surface area contributed by atoms with Crippen molar-refractivity contribution in [2.75, 3.05) is 13.2 Å². The Morgan fingerprint density at radius 1 is 1.20 bits per heavy atom. The molecule has 0 radical (unpaired) electrons. The second-order valence-electron chi connectivity index (χ2n) is 4.38. The summed E-state index contributed by atoms with van der Waals surface area (Å²) in [6.07, 6.45) is 0.213. The number of imide groups is 1. The molecule has 5 heteroatoms. The number of benzene rings is 1. The molecule has 0 aromatic heterocycles. The molecule has 0 saturated heterocycles. The van der Waals surface area contributed by atoms with E-state index in [-0.39, 0.29) is 37.0 Å². The molecule has 0 saturated carbocycles. The van der Waals surface area contributed by atoms with Crippen molar-refractivity contribution in [1.29, 1.82) is 0 Å². The second-order valence-corrected chi connectivity index (χ2v) is 4.38. The van der Waals surface area contributed by atoms with E-state index in [1.54, 1.807) is 31.2 Å². The minimum absolute atomic E-state index is 0.129. The molecular formula is C15H15NO4. The number of carbonyl (C=O) groups is 3. The molecule has 2 amide bonds. The molecule has 0 N–H and O–H groups in total. The second kappa shape index (κ2) is 5.69. The topological polar surface area (TPSA) is 63.7 Å². The van der Waals surface area contributed by atoms with E-state index >= 15 is 0 Å². The number of nitrogens with zero attached hydrogens (tertiary/aromatic N) is 1. The number of fused-ring (bicyclic) bond motifs is 1. The van der Waals surface area contributed by atoms with Crippen LogP contribution in [0.25, 0.3) is 0 Å². The van der Waals surface area contributed by atoms with Gasteiger partial charge in [-0.1, -0.05) is 18.7 Å². The highest BCUT2D eigenvalue weighted by molar-refractivity contribution is 6.21. The zero-order valence-corrected chi connectivity index (χ0v) is 11.2. The molecular weight excluding hydrogens is 258 g/mol. The number of carbonyl (C=O) groups excluding carboxylic acids is 3. The van der Waals surface area contributed by atoms with Gasteiger partial charge in [-0.25, -0.2) is 4.79 Å². The van der Waals surface area contributed by atoms with Gasteiger partial charge in [0.1, 0.15) is 0 Å². The summed E-state index contributed by atoms with van der Waals surface area (Å²) < 4.78 is 4.81. The van der Waals surface area contributed by atoms with E-state index in [1.807, 2.05) is 0 Å². The Bertz CT molecular complexity index is 556. The Labute approximate surface area is 116 Å². The van der Waals surface area contributed by atoms with Gasteiger partial charge in [0.25, 0.3) is 11.8 Å². The highest BCUT2D eigenvalue weighted by atomic mass is 16.5. The van der Waals surface area contributed by atoms with Gasteiger partial charge in [0.2, 0.25) is 0 Å². The highest BCUT2D eigenvalue weighted by Crippen LogP contribution is 2.23. The normalized spacial score (nSPS) is 13.3. The van der Waals surface area contributed by atoms with Gasteiger partial charge in [-0.3, -0.25) is 14.5 Å². The lowest BCUT2D eigenvalue weighted by Crippen LogP contribution is -2.31. The number of rotatable bonds is 5. The van der Waals surface area contributed by atoms with Crippen LogP contribution in [0.15, 0.2) is 36.4 Å². The van der Waals surface area contributed by atoms with E-state index in [0.29, 0.717) is 11.1 Å². The van der Waals surface area contributed by atoms with Crippen molar-refractivity contribution in [2.45, 2.75) is 13.3 Å². The maximum Gasteiger partial charge on any atom is 0.333 e.